The summed E-state index contributed by atoms with van der Waals surface area (Å²) in [5.74, 6) is 0.0638. The van der Waals surface area contributed by atoms with E-state index in [1.807, 2.05) is 14.1 Å². The van der Waals surface area contributed by atoms with E-state index in [9.17, 15) is 9.90 Å². The number of hydrogen-bond acceptors (Lipinski definition) is 5. The number of hydrazone groups is 1. The SMILES string of the molecule is CC(O)CN1C(=O)Cc2cc3[nH]c4c(c3cc21)CCCC1=CNN=C4CC1.CNC. The number of aromatic amines is 1. The first-order valence-electron chi connectivity index (χ1n) is 10.8. The number of carbonyl (C=O) groups is 1. The fourth-order valence-electron chi connectivity index (χ4n) is 4.57. The number of aliphatic hydroxyl groups excluding tert-OH is 1. The average Bonchev–Trinajstić information content (AvgIpc) is 3.10. The first-order chi connectivity index (χ1) is 14.5. The highest BCUT2D eigenvalue weighted by atomic mass is 16.3. The van der Waals surface area contributed by atoms with E-state index in [4.69, 9.17) is 0 Å². The maximum Gasteiger partial charge on any atom is 0.231 e. The van der Waals surface area contributed by atoms with Crippen LogP contribution in [0.2, 0.25) is 0 Å². The zero-order valence-corrected chi connectivity index (χ0v) is 18.0. The molecule has 7 nitrogen and oxygen atoms in total. The topological polar surface area (TPSA) is 92.8 Å². The molecule has 7 heteroatoms. The van der Waals surface area contributed by atoms with E-state index >= 15 is 0 Å². The number of aryl methyl sites for hydroxylation is 1. The molecule has 2 bridgehead atoms. The van der Waals surface area contributed by atoms with Crippen molar-refractivity contribution in [2.45, 2.75) is 51.6 Å². The van der Waals surface area contributed by atoms with Gasteiger partial charge in [-0.2, -0.15) is 5.10 Å². The minimum atomic E-state index is -0.543. The molecule has 0 fully saturated rings. The minimum absolute atomic E-state index is 0.0638. The lowest BCUT2D eigenvalue weighted by molar-refractivity contribution is -0.117. The maximum atomic E-state index is 12.4. The van der Waals surface area contributed by atoms with E-state index in [2.05, 4.69) is 39.2 Å². The van der Waals surface area contributed by atoms with Crippen LogP contribution in [0.1, 0.15) is 49.4 Å². The molecule has 2 aliphatic heterocycles. The standard InChI is InChI=1S/C21H24N4O2.C2H7N/c1-12(26)11-25-19-9-16-15-4-2-3-13-5-6-17(24-22-10-13)21(15)23-18(16)7-14(19)8-20(25)27;1-3-2/h7,9-10,12,22-23,26H,2-6,8,11H2,1H3;3H,1-2H3. The number of carbonyl (C=O) groups excluding carboxylic acids is 1. The monoisotopic (exact) mass is 409 g/mol. The predicted octanol–water partition coefficient (Wildman–Crippen LogP) is 2.58. The average molecular weight is 410 g/mol. The number of hydrogen-bond donors (Lipinski definition) is 4. The number of benzene rings is 1. The van der Waals surface area contributed by atoms with Crippen LogP contribution >= 0.6 is 0 Å². The van der Waals surface area contributed by atoms with Crippen molar-refractivity contribution in [3.63, 3.8) is 0 Å². The van der Waals surface area contributed by atoms with Gasteiger partial charge in [-0.15, -0.1) is 0 Å². The molecule has 2 aromatic rings. The molecule has 1 aliphatic carbocycles. The third-order valence-electron chi connectivity index (χ3n) is 5.85. The zero-order chi connectivity index (χ0) is 21.3. The van der Waals surface area contributed by atoms with Gasteiger partial charge in [0.2, 0.25) is 5.91 Å². The van der Waals surface area contributed by atoms with Crippen molar-refractivity contribution >= 4 is 28.2 Å². The van der Waals surface area contributed by atoms with Crippen LogP contribution in [0.5, 0.6) is 0 Å². The molecule has 4 N–H and O–H groups in total. The van der Waals surface area contributed by atoms with Crippen LogP contribution in [0.25, 0.3) is 10.9 Å². The highest BCUT2D eigenvalue weighted by Crippen LogP contribution is 2.37. The number of β-amino-alcohol motifs (C(OH)–C–C–N with tert-alkyl or cyclic N) is 1. The summed E-state index contributed by atoms with van der Waals surface area (Å²) in [4.78, 5) is 17.7. The number of rotatable bonds is 2. The Kier molecular flexibility index (Phi) is 5.92. The second-order valence-corrected chi connectivity index (χ2v) is 8.38. The second-order valence-electron chi connectivity index (χ2n) is 8.38. The first kappa shape index (κ1) is 20.6. The van der Waals surface area contributed by atoms with Crippen LogP contribution in [0.3, 0.4) is 0 Å². The molecular formula is C23H31N5O2. The van der Waals surface area contributed by atoms with Gasteiger partial charge < -0.3 is 20.3 Å². The normalized spacial score (nSPS) is 18.7. The van der Waals surface area contributed by atoms with E-state index in [1.165, 1.54) is 16.5 Å². The summed E-state index contributed by atoms with van der Waals surface area (Å²) >= 11 is 0. The summed E-state index contributed by atoms with van der Waals surface area (Å²) < 4.78 is 0. The fourth-order valence-corrected chi connectivity index (χ4v) is 4.57. The second kappa shape index (κ2) is 8.62. The Balaban J connectivity index is 0.000000687. The molecule has 3 aliphatic rings. The first-order valence-corrected chi connectivity index (χ1v) is 10.8. The number of allylic oxidation sites excluding steroid dienone is 1. The van der Waals surface area contributed by atoms with Gasteiger partial charge in [0.1, 0.15) is 0 Å². The fraction of sp³-hybridized carbons (Fsp3) is 0.478. The van der Waals surface area contributed by atoms with Crippen LogP contribution < -0.4 is 15.6 Å². The molecule has 3 heterocycles. The molecule has 1 aromatic carbocycles. The molecule has 0 saturated heterocycles. The van der Waals surface area contributed by atoms with E-state index in [-0.39, 0.29) is 5.91 Å². The van der Waals surface area contributed by atoms with E-state index < -0.39 is 6.10 Å². The predicted molar refractivity (Wildman–Crippen MR) is 121 cm³/mol. The molecule has 160 valence electrons. The molecule has 1 atom stereocenters. The van der Waals surface area contributed by atoms with Crippen LogP contribution in [-0.4, -0.2) is 48.5 Å². The van der Waals surface area contributed by atoms with Gasteiger partial charge in [-0.25, -0.2) is 0 Å². The number of amides is 1. The highest BCUT2D eigenvalue weighted by Gasteiger charge is 2.30. The van der Waals surface area contributed by atoms with Gasteiger partial charge >= 0.3 is 0 Å². The molecule has 0 radical (unpaired) electrons. The summed E-state index contributed by atoms with van der Waals surface area (Å²) in [6, 6.07) is 4.25. The van der Waals surface area contributed by atoms with Gasteiger partial charge in [-0.3, -0.25) is 10.2 Å². The number of nitrogens with zero attached hydrogens (tertiary/aromatic N) is 2. The number of aromatic nitrogens is 1. The van der Waals surface area contributed by atoms with Crippen molar-refractivity contribution in [2.75, 3.05) is 25.5 Å². The number of H-pyrrole nitrogens is 1. The van der Waals surface area contributed by atoms with E-state index in [0.29, 0.717) is 13.0 Å². The largest absolute Gasteiger partial charge is 0.392 e. The van der Waals surface area contributed by atoms with Crippen LogP contribution in [0.15, 0.2) is 29.0 Å². The number of anilines is 1. The van der Waals surface area contributed by atoms with Crippen molar-refractivity contribution in [2.24, 2.45) is 5.10 Å². The van der Waals surface area contributed by atoms with E-state index in [1.54, 1.807) is 11.8 Å². The Hall–Kier alpha value is -2.64. The van der Waals surface area contributed by atoms with Crippen molar-refractivity contribution in [1.29, 1.82) is 0 Å². The van der Waals surface area contributed by atoms with Crippen molar-refractivity contribution in [3.05, 3.63) is 40.7 Å². The lowest BCUT2D eigenvalue weighted by atomic mass is 10.0. The zero-order valence-electron chi connectivity index (χ0n) is 18.0. The molecule has 1 amide bonds. The summed E-state index contributed by atoms with van der Waals surface area (Å²) in [5, 5.41) is 18.3. The minimum Gasteiger partial charge on any atom is -0.392 e. The van der Waals surface area contributed by atoms with Crippen LogP contribution in [-0.2, 0) is 17.6 Å². The van der Waals surface area contributed by atoms with Gasteiger partial charge in [0.15, 0.2) is 0 Å². The summed E-state index contributed by atoms with van der Waals surface area (Å²) in [6.07, 6.45) is 7.08. The third-order valence-corrected chi connectivity index (χ3v) is 5.85. The molecular weight excluding hydrogens is 378 g/mol. The Morgan fingerprint density at radius 1 is 1.23 bits per heavy atom. The number of nitrogens with one attached hydrogen (secondary N) is 3. The van der Waals surface area contributed by atoms with Gasteiger partial charge in [0, 0.05) is 22.8 Å². The lowest BCUT2D eigenvalue weighted by Gasteiger charge is -2.19. The number of aliphatic hydroxyl groups is 1. The molecule has 30 heavy (non-hydrogen) atoms. The Labute approximate surface area is 177 Å². The highest BCUT2D eigenvalue weighted by molar-refractivity contribution is 6.09. The lowest BCUT2D eigenvalue weighted by Crippen LogP contribution is -2.33. The van der Waals surface area contributed by atoms with Gasteiger partial charge in [0.25, 0.3) is 0 Å². The number of fused-ring (bicyclic) bond motifs is 8. The summed E-state index contributed by atoms with van der Waals surface area (Å²) in [5.41, 5.74) is 11.1. The molecule has 1 aromatic heterocycles. The Morgan fingerprint density at radius 2 is 2.03 bits per heavy atom. The van der Waals surface area contributed by atoms with E-state index in [0.717, 1.165) is 60.3 Å². The van der Waals surface area contributed by atoms with Crippen LogP contribution in [0, 0.1) is 0 Å². The van der Waals surface area contributed by atoms with Gasteiger partial charge in [0.05, 0.1) is 30.5 Å². The van der Waals surface area contributed by atoms with Crippen molar-refractivity contribution < 1.29 is 9.90 Å². The summed E-state index contributed by atoms with van der Waals surface area (Å²) in [7, 11) is 3.75. The molecule has 5 rings (SSSR count). The van der Waals surface area contributed by atoms with Crippen LogP contribution in [0.4, 0.5) is 5.69 Å². The smallest absolute Gasteiger partial charge is 0.231 e. The molecule has 0 spiro atoms. The van der Waals surface area contributed by atoms with Gasteiger partial charge in [-0.05, 0) is 76.4 Å². The Bertz CT molecular complexity index is 1020. The van der Waals surface area contributed by atoms with Crippen molar-refractivity contribution in [1.82, 2.24) is 15.7 Å². The van der Waals surface area contributed by atoms with Gasteiger partial charge in [-0.1, -0.05) is 5.57 Å². The quantitative estimate of drug-likeness (QED) is 0.613. The Morgan fingerprint density at radius 3 is 2.80 bits per heavy atom. The maximum absolute atomic E-state index is 12.4. The summed E-state index contributed by atoms with van der Waals surface area (Å²) in [6.45, 7) is 2.06. The van der Waals surface area contributed by atoms with Crippen molar-refractivity contribution in [3.8, 4) is 0 Å². The molecule has 0 saturated carbocycles. The third kappa shape index (κ3) is 3.87. The molecule has 1 unspecified atom stereocenters.